The van der Waals surface area contributed by atoms with Crippen molar-refractivity contribution in [3.8, 4) is 0 Å². The Labute approximate surface area is 198 Å². The molecule has 0 aromatic heterocycles. The maximum atomic E-state index is 15.3. The number of methoxy groups -OCH3 is 1. The average molecular weight is 478 g/mol. The number of ether oxygens (including phenoxy) is 2. The number of amides is 1. The van der Waals surface area contributed by atoms with Crippen LogP contribution in [0.4, 0.5) is 20.6 Å². The molecule has 34 heavy (non-hydrogen) atoms. The van der Waals surface area contributed by atoms with Crippen molar-refractivity contribution in [2.45, 2.75) is 63.8 Å². The van der Waals surface area contributed by atoms with E-state index >= 15 is 4.39 Å². The second kappa shape index (κ2) is 8.41. The first-order valence-electron chi connectivity index (χ1n) is 11.5. The summed E-state index contributed by atoms with van der Waals surface area (Å²) in [7, 11) is 1.19. The fourth-order valence-electron chi connectivity index (χ4n) is 4.76. The SMILES string of the molecule is COC1(C(=O)O)CN(C2CC2)c2cc(N3CC(C)C(NC(=O)OC(C)(C)C)C3)c(F)cc2C1=O. The van der Waals surface area contributed by atoms with Gasteiger partial charge in [-0.1, -0.05) is 6.92 Å². The molecule has 2 fully saturated rings. The molecule has 2 N–H and O–H groups in total. The van der Waals surface area contributed by atoms with Crippen LogP contribution in [0.2, 0.25) is 0 Å². The van der Waals surface area contributed by atoms with Crippen LogP contribution in [-0.4, -0.2) is 73.0 Å². The molecular weight excluding hydrogens is 445 g/mol. The summed E-state index contributed by atoms with van der Waals surface area (Å²) in [5.41, 5.74) is -1.83. The van der Waals surface area contributed by atoms with Gasteiger partial charge in [0.15, 0.2) is 0 Å². The molecule has 3 unspecified atom stereocenters. The van der Waals surface area contributed by atoms with Crippen LogP contribution in [0, 0.1) is 11.7 Å². The zero-order valence-corrected chi connectivity index (χ0v) is 20.2. The first-order chi connectivity index (χ1) is 15.9. The van der Waals surface area contributed by atoms with Crippen LogP contribution in [0.25, 0.3) is 0 Å². The number of carbonyl (C=O) groups is 3. The Kier molecular flexibility index (Phi) is 6.00. The van der Waals surface area contributed by atoms with Gasteiger partial charge in [-0.05, 0) is 51.7 Å². The van der Waals surface area contributed by atoms with E-state index in [1.807, 2.05) is 16.7 Å². The molecule has 0 spiro atoms. The minimum atomic E-state index is -2.06. The van der Waals surface area contributed by atoms with Crippen molar-refractivity contribution < 1.29 is 33.4 Å². The van der Waals surface area contributed by atoms with Gasteiger partial charge < -0.3 is 29.7 Å². The van der Waals surface area contributed by atoms with Gasteiger partial charge in [-0.25, -0.2) is 14.0 Å². The molecule has 2 aliphatic heterocycles. The molecule has 3 aliphatic rings. The fraction of sp³-hybridized carbons (Fsp3) is 0.625. The molecule has 3 atom stereocenters. The molecule has 0 bridgehead atoms. The van der Waals surface area contributed by atoms with E-state index < -0.39 is 34.9 Å². The van der Waals surface area contributed by atoms with E-state index in [9.17, 15) is 19.5 Å². The summed E-state index contributed by atoms with van der Waals surface area (Å²) in [6.45, 7) is 8.09. The number of halogens is 1. The number of nitrogens with zero attached hydrogens (tertiary/aromatic N) is 2. The molecule has 2 heterocycles. The molecule has 10 heteroatoms. The third-order valence-electron chi connectivity index (χ3n) is 6.72. The standard InChI is InChI=1S/C24H32FN3O6/c1-13-10-27(11-17(13)26-22(32)34-23(2,3)4)19-9-18-15(8-16(19)25)20(29)24(33-5,21(30)31)12-28(18)14-6-7-14/h8-9,13-14,17H,6-7,10-12H2,1-5H3,(H,26,32)(H,30,31). The summed E-state index contributed by atoms with van der Waals surface area (Å²) in [6, 6.07) is 2.60. The molecule has 0 radical (unpaired) electrons. The van der Waals surface area contributed by atoms with Gasteiger partial charge in [-0.3, -0.25) is 4.79 Å². The fourth-order valence-corrected chi connectivity index (χ4v) is 4.76. The van der Waals surface area contributed by atoms with Crippen molar-refractivity contribution in [1.82, 2.24) is 5.32 Å². The van der Waals surface area contributed by atoms with E-state index in [2.05, 4.69) is 5.32 Å². The summed E-state index contributed by atoms with van der Waals surface area (Å²) in [4.78, 5) is 41.1. The Morgan fingerprint density at radius 2 is 1.88 bits per heavy atom. The molecule has 1 saturated carbocycles. The number of carboxylic acids is 1. The van der Waals surface area contributed by atoms with E-state index in [4.69, 9.17) is 9.47 Å². The number of aliphatic carboxylic acids is 1. The van der Waals surface area contributed by atoms with Gasteiger partial charge in [0, 0.05) is 31.8 Å². The van der Waals surface area contributed by atoms with Gasteiger partial charge in [0.2, 0.25) is 11.4 Å². The molecule has 186 valence electrons. The first kappa shape index (κ1) is 24.3. The molecule has 1 aromatic carbocycles. The van der Waals surface area contributed by atoms with E-state index in [0.717, 1.165) is 18.9 Å². The maximum Gasteiger partial charge on any atom is 0.407 e. The lowest BCUT2D eigenvalue weighted by Crippen LogP contribution is -2.60. The molecule has 4 rings (SSSR count). The summed E-state index contributed by atoms with van der Waals surface area (Å²) >= 11 is 0. The van der Waals surface area contributed by atoms with Gasteiger partial charge in [0.05, 0.1) is 24.0 Å². The maximum absolute atomic E-state index is 15.3. The number of carboxylic acid groups (broad SMARTS) is 1. The number of rotatable bonds is 5. The van der Waals surface area contributed by atoms with Gasteiger partial charge in [-0.15, -0.1) is 0 Å². The number of anilines is 2. The second-order valence-electron chi connectivity index (χ2n) is 10.5. The monoisotopic (exact) mass is 477 g/mol. The van der Waals surface area contributed by atoms with Crippen LogP contribution in [0.5, 0.6) is 0 Å². The zero-order valence-electron chi connectivity index (χ0n) is 20.2. The van der Waals surface area contributed by atoms with Crippen molar-refractivity contribution in [2.75, 3.05) is 36.5 Å². The highest BCUT2D eigenvalue weighted by molar-refractivity contribution is 6.19. The highest BCUT2D eigenvalue weighted by Crippen LogP contribution is 2.43. The van der Waals surface area contributed by atoms with E-state index in [1.54, 1.807) is 26.8 Å². The molecule has 1 aromatic rings. The molecule has 9 nitrogen and oxygen atoms in total. The number of Topliss-reactive ketones (excluding diaryl/α,β-unsaturated/α-hetero) is 1. The smallest absolute Gasteiger partial charge is 0.407 e. The van der Waals surface area contributed by atoms with Crippen molar-refractivity contribution in [3.05, 3.63) is 23.5 Å². The third kappa shape index (κ3) is 4.31. The Balaban J connectivity index is 1.62. The molecule has 1 aliphatic carbocycles. The summed E-state index contributed by atoms with van der Waals surface area (Å²) < 4.78 is 25.9. The number of carbonyl (C=O) groups excluding carboxylic acids is 2. The Morgan fingerprint density at radius 1 is 1.21 bits per heavy atom. The number of ketones is 1. The summed E-state index contributed by atoms with van der Waals surface area (Å²) in [5, 5.41) is 12.7. The van der Waals surface area contributed by atoms with Crippen molar-refractivity contribution >= 4 is 29.2 Å². The van der Waals surface area contributed by atoms with Crippen LogP contribution < -0.4 is 15.1 Å². The Hall–Kier alpha value is -2.88. The van der Waals surface area contributed by atoms with Crippen molar-refractivity contribution in [1.29, 1.82) is 0 Å². The van der Waals surface area contributed by atoms with E-state index in [-0.39, 0.29) is 30.1 Å². The largest absolute Gasteiger partial charge is 0.479 e. The summed E-state index contributed by atoms with van der Waals surface area (Å²) in [5.74, 6) is -2.72. The minimum absolute atomic E-state index is 0.0133. The molecule has 1 saturated heterocycles. The van der Waals surface area contributed by atoms with Crippen LogP contribution >= 0.6 is 0 Å². The number of nitrogens with one attached hydrogen (secondary N) is 1. The van der Waals surface area contributed by atoms with E-state index in [1.165, 1.54) is 7.11 Å². The van der Waals surface area contributed by atoms with Crippen LogP contribution in [0.15, 0.2) is 12.1 Å². The highest BCUT2D eigenvalue weighted by atomic mass is 19.1. The topological polar surface area (TPSA) is 108 Å². The van der Waals surface area contributed by atoms with Gasteiger partial charge in [-0.2, -0.15) is 0 Å². The number of alkyl carbamates (subject to hydrolysis) is 1. The third-order valence-corrected chi connectivity index (χ3v) is 6.72. The lowest BCUT2D eigenvalue weighted by molar-refractivity contribution is -0.155. The van der Waals surface area contributed by atoms with Crippen LogP contribution in [0.1, 0.15) is 50.9 Å². The van der Waals surface area contributed by atoms with Gasteiger partial charge >= 0.3 is 12.1 Å². The predicted molar refractivity (Wildman–Crippen MR) is 123 cm³/mol. The van der Waals surface area contributed by atoms with Crippen LogP contribution in [0.3, 0.4) is 0 Å². The van der Waals surface area contributed by atoms with E-state index in [0.29, 0.717) is 24.5 Å². The number of hydrogen-bond donors (Lipinski definition) is 2. The van der Waals surface area contributed by atoms with Gasteiger partial charge in [0.25, 0.3) is 0 Å². The normalized spacial score (nSPS) is 26.9. The average Bonchev–Trinajstić information content (AvgIpc) is 3.51. The number of fused-ring (bicyclic) bond motifs is 1. The lowest BCUT2D eigenvalue weighted by atomic mass is 9.86. The Morgan fingerprint density at radius 3 is 2.44 bits per heavy atom. The van der Waals surface area contributed by atoms with Crippen molar-refractivity contribution in [3.63, 3.8) is 0 Å². The second-order valence-corrected chi connectivity index (χ2v) is 10.5. The lowest BCUT2D eigenvalue weighted by Gasteiger charge is -2.40. The predicted octanol–water partition coefficient (Wildman–Crippen LogP) is 2.81. The highest BCUT2D eigenvalue weighted by Gasteiger charge is 2.55. The molecule has 1 amide bonds. The number of hydrogen-bond acceptors (Lipinski definition) is 7. The van der Waals surface area contributed by atoms with Crippen LogP contribution in [-0.2, 0) is 14.3 Å². The van der Waals surface area contributed by atoms with Crippen molar-refractivity contribution in [2.24, 2.45) is 5.92 Å². The Bertz CT molecular complexity index is 1020. The zero-order chi connectivity index (χ0) is 25.0. The number of benzene rings is 1. The first-order valence-corrected chi connectivity index (χ1v) is 11.5. The summed E-state index contributed by atoms with van der Waals surface area (Å²) in [6.07, 6.45) is 1.21. The van der Waals surface area contributed by atoms with Gasteiger partial charge in [0.1, 0.15) is 11.4 Å². The molecular formula is C24H32FN3O6. The minimum Gasteiger partial charge on any atom is -0.479 e. The quantitative estimate of drug-likeness (QED) is 0.624.